The monoisotopic (exact) mass is 239 g/mol. The summed E-state index contributed by atoms with van der Waals surface area (Å²) in [6, 6.07) is 9.51. The second kappa shape index (κ2) is 7.01. The molecule has 1 aromatic carbocycles. The molecule has 0 spiro atoms. The van der Waals surface area contributed by atoms with Crippen LogP contribution in [0.4, 0.5) is 0 Å². The zero-order chi connectivity index (χ0) is 11.8. The fourth-order valence-corrected chi connectivity index (χ4v) is 1.43. The molecule has 0 saturated heterocycles. The molecule has 0 aromatic heterocycles. The third-order valence-corrected chi connectivity index (χ3v) is 2.27. The van der Waals surface area contributed by atoms with Crippen LogP contribution in [-0.2, 0) is 16.0 Å². The van der Waals surface area contributed by atoms with Crippen molar-refractivity contribution in [2.75, 3.05) is 6.54 Å². The average Bonchev–Trinajstić information content (AvgIpc) is 2.25. The molecular weight excluding hydrogens is 226 g/mol. The van der Waals surface area contributed by atoms with Crippen molar-refractivity contribution in [1.29, 1.82) is 0 Å². The second-order valence-corrected chi connectivity index (χ2v) is 3.89. The van der Waals surface area contributed by atoms with E-state index in [9.17, 15) is 9.59 Å². The lowest BCUT2D eigenvalue weighted by Crippen LogP contribution is -2.26. The molecule has 0 fully saturated rings. The van der Waals surface area contributed by atoms with E-state index >= 15 is 0 Å². The standard InChI is InChI=1S/C12H14ClNO2/c13-11(15)7-4-8-14-12(16)9-10-5-2-1-3-6-10/h1-3,5-6H,4,7-9H2,(H,14,16). The minimum Gasteiger partial charge on any atom is -0.356 e. The van der Waals surface area contributed by atoms with Crippen LogP contribution in [0.5, 0.6) is 0 Å². The Labute approximate surface area is 99.8 Å². The van der Waals surface area contributed by atoms with E-state index in [-0.39, 0.29) is 11.1 Å². The maximum atomic E-state index is 11.4. The summed E-state index contributed by atoms with van der Waals surface area (Å²) in [6.07, 6.45) is 1.26. The van der Waals surface area contributed by atoms with E-state index in [0.29, 0.717) is 25.8 Å². The van der Waals surface area contributed by atoms with E-state index in [2.05, 4.69) is 5.32 Å². The molecule has 0 aliphatic carbocycles. The SMILES string of the molecule is O=C(Cl)CCCNC(=O)Cc1ccccc1. The number of carbonyl (C=O) groups is 2. The number of amides is 1. The third kappa shape index (κ3) is 5.51. The number of benzene rings is 1. The van der Waals surface area contributed by atoms with Gasteiger partial charge in [0.05, 0.1) is 6.42 Å². The number of halogens is 1. The van der Waals surface area contributed by atoms with Gasteiger partial charge in [-0.1, -0.05) is 30.3 Å². The molecule has 0 heterocycles. The van der Waals surface area contributed by atoms with E-state index in [1.807, 2.05) is 30.3 Å². The minimum absolute atomic E-state index is 0.0341. The molecule has 0 atom stereocenters. The van der Waals surface area contributed by atoms with Gasteiger partial charge in [0.1, 0.15) is 0 Å². The highest BCUT2D eigenvalue weighted by molar-refractivity contribution is 6.63. The predicted octanol–water partition coefficient (Wildman–Crippen LogP) is 1.89. The molecule has 1 rings (SSSR count). The third-order valence-electron chi connectivity index (χ3n) is 2.08. The Morgan fingerprint density at radius 3 is 2.50 bits per heavy atom. The van der Waals surface area contributed by atoms with Gasteiger partial charge in [0, 0.05) is 13.0 Å². The second-order valence-electron chi connectivity index (χ2n) is 3.47. The highest BCUT2D eigenvalue weighted by atomic mass is 35.5. The molecule has 4 heteroatoms. The van der Waals surface area contributed by atoms with Crippen molar-refractivity contribution in [3.05, 3.63) is 35.9 Å². The maximum absolute atomic E-state index is 11.4. The van der Waals surface area contributed by atoms with Crippen molar-refractivity contribution < 1.29 is 9.59 Å². The largest absolute Gasteiger partial charge is 0.356 e. The minimum atomic E-state index is -0.364. The molecule has 1 amide bonds. The molecule has 0 aliphatic heterocycles. The molecule has 3 nitrogen and oxygen atoms in total. The highest BCUT2D eigenvalue weighted by Gasteiger charge is 2.02. The summed E-state index contributed by atoms with van der Waals surface area (Å²) in [5, 5.41) is 2.37. The van der Waals surface area contributed by atoms with Crippen molar-refractivity contribution in [3.8, 4) is 0 Å². The number of rotatable bonds is 6. The summed E-state index contributed by atoms with van der Waals surface area (Å²) in [6.45, 7) is 0.490. The molecule has 1 N–H and O–H groups in total. The molecule has 0 aliphatic rings. The Hall–Kier alpha value is -1.35. The van der Waals surface area contributed by atoms with Crippen molar-refractivity contribution in [2.45, 2.75) is 19.3 Å². The first-order valence-corrected chi connectivity index (χ1v) is 5.55. The molecule has 1 aromatic rings. The summed E-state index contributed by atoms with van der Waals surface area (Å²) in [5.74, 6) is -0.0341. The Morgan fingerprint density at radius 1 is 1.19 bits per heavy atom. The number of hydrogen-bond donors (Lipinski definition) is 1. The van der Waals surface area contributed by atoms with Gasteiger partial charge in [-0.3, -0.25) is 9.59 Å². The first-order valence-electron chi connectivity index (χ1n) is 5.17. The van der Waals surface area contributed by atoms with Gasteiger partial charge in [0.15, 0.2) is 0 Å². The van der Waals surface area contributed by atoms with Crippen LogP contribution >= 0.6 is 11.6 Å². The van der Waals surface area contributed by atoms with Crippen LogP contribution in [0.25, 0.3) is 0 Å². The quantitative estimate of drug-likeness (QED) is 0.609. The zero-order valence-electron chi connectivity index (χ0n) is 8.91. The summed E-state index contributed by atoms with van der Waals surface area (Å²) in [7, 11) is 0. The Kier molecular flexibility index (Phi) is 5.57. The van der Waals surface area contributed by atoms with Gasteiger partial charge in [-0.25, -0.2) is 0 Å². The van der Waals surface area contributed by atoms with Gasteiger partial charge in [0.2, 0.25) is 11.1 Å². The molecule has 0 saturated carbocycles. The predicted molar refractivity (Wildman–Crippen MR) is 63.2 cm³/mol. The Bertz CT molecular complexity index is 351. The van der Waals surface area contributed by atoms with Crippen LogP contribution in [0.15, 0.2) is 30.3 Å². The summed E-state index contributed by atoms with van der Waals surface area (Å²) in [5.41, 5.74) is 0.980. The normalized spacial score (nSPS) is 9.81. The summed E-state index contributed by atoms with van der Waals surface area (Å²) < 4.78 is 0. The molecule has 0 unspecified atom stereocenters. The van der Waals surface area contributed by atoms with Crippen LogP contribution in [0, 0.1) is 0 Å². The smallest absolute Gasteiger partial charge is 0.224 e. The number of carbonyl (C=O) groups excluding carboxylic acids is 2. The lowest BCUT2D eigenvalue weighted by atomic mass is 10.1. The molecular formula is C12H14ClNO2. The van der Waals surface area contributed by atoms with Gasteiger partial charge >= 0.3 is 0 Å². The van der Waals surface area contributed by atoms with E-state index < -0.39 is 0 Å². The fourth-order valence-electron chi connectivity index (χ4n) is 1.30. The molecule has 0 radical (unpaired) electrons. The lowest BCUT2D eigenvalue weighted by Gasteiger charge is -2.03. The number of nitrogens with one attached hydrogen (secondary N) is 1. The number of hydrogen-bond acceptors (Lipinski definition) is 2. The van der Waals surface area contributed by atoms with Gasteiger partial charge in [-0.05, 0) is 23.6 Å². The Morgan fingerprint density at radius 2 is 1.88 bits per heavy atom. The van der Waals surface area contributed by atoms with E-state index in [1.54, 1.807) is 0 Å². The van der Waals surface area contributed by atoms with Crippen LogP contribution in [0.2, 0.25) is 0 Å². The lowest BCUT2D eigenvalue weighted by molar-refractivity contribution is -0.120. The van der Waals surface area contributed by atoms with Gasteiger partial charge in [0.25, 0.3) is 0 Å². The van der Waals surface area contributed by atoms with Gasteiger partial charge in [-0.2, -0.15) is 0 Å². The molecule has 0 bridgehead atoms. The molecule has 16 heavy (non-hydrogen) atoms. The van der Waals surface area contributed by atoms with Crippen molar-refractivity contribution >= 4 is 22.8 Å². The first kappa shape index (κ1) is 12.7. The van der Waals surface area contributed by atoms with Crippen LogP contribution in [-0.4, -0.2) is 17.7 Å². The maximum Gasteiger partial charge on any atom is 0.224 e. The summed E-state index contributed by atoms with van der Waals surface area (Å²) >= 11 is 5.17. The Balaban J connectivity index is 2.19. The highest BCUT2D eigenvalue weighted by Crippen LogP contribution is 1.99. The zero-order valence-corrected chi connectivity index (χ0v) is 9.67. The average molecular weight is 240 g/mol. The van der Waals surface area contributed by atoms with E-state index in [0.717, 1.165) is 5.56 Å². The van der Waals surface area contributed by atoms with Crippen molar-refractivity contribution in [1.82, 2.24) is 5.32 Å². The summed E-state index contributed by atoms with van der Waals surface area (Å²) in [4.78, 5) is 21.9. The van der Waals surface area contributed by atoms with Crippen LogP contribution in [0.1, 0.15) is 18.4 Å². The van der Waals surface area contributed by atoms with E-state index in [4.69, 9.17) is 11.6 Å². The van der Waals surface area contributed by atoms with Crippen LogP contribution < -0.4 is 5.32 Å². The fraction of sp³-hybridized carbons (Fsp3) is 0.333. The van der Waals surface area contributed by atoms with Gasteiger partial charge < -0.3 is 5.32 Å². The van der Waals surface area contributed by atoms with Crippen LogP contribution in [0.3, 0.4) is 0 Å². The van der Waals surface area contributed by atoms with Gasteiger partial charge in [-0.15, -0.1) is 0 Å². The van der Waals surface area contributed by atoms with Crippen molar-refractivity contribution in [3.63, 3.8) is 0 Å². The first-order chi connectivity index (χ1) is 7.68. The topological polar surface area (TPSA) is 46.2 Å². The van der Waals surface area contributed by atoms with Crippen molar-refractivity contribution in [2.24, 2.45) is 0 Å². The van der Waals surface area contributed by atoms with E-state index in [1.165, 1.54) is 0 Å². The molecule has 86 valence electrons.